The minimum atomic E-state index is -0.436. The molecule has 6 nitrogen and oxygen atoms in total. The molecule has 1 atom stereocenters. The first-order valence-corrected chi connectivity index (χ1v) is 6.29. The van der Waals surface area contributed by atoms with E-state index in [-0.39, 0.29) is 11.5 Å². The van der Waals surface area contributed by atoms with Gasteiger partial charge in [-0.3, -0.25) is 14.8 Å². The van der Waals surface area contributed by atoms with Crippen molar-refractivity contribution < 1.29 is 9.66 Å². The lowest BCUT2D eigenvalue weighted by molar-refractivity contribution is -0.484. The van der Waals surface area contributed by atoms with Crippen molar-refractivity contribution >= 4 is 0 Å². The van der Waals surface area contributed by atoms with Crippen LogP contribution < -0.4 is 4.74 Å². The van der Waals surface area contributed by atoms with E-state index in [2.05, 4.69) is 5.10 Å². The Labute approximate surface area is 117 Å². The second-order valence-corrected chi connectivity index (χ2v) is 4.68. The topological polar surface area (TPSA) is 70.2 Å². The summed E-state index contributed by atoms with van der Waals surface area (Å²) in [7, 11) is 1.57. The number of benzene rings is 1. The average Bonchev–Trinajstić information content (AvgIpc) is 2.74. The normalized spacial score (nSPS) is 12.2. The molecule has 2 aromatic rings. The Morgan fingerprint density at radius 1 is 1.40 bits per heavy atom. The van der Waals surface area contributed by atoms with Crippen molar-refractivity contribution in [3.63, 3.8) is 0 Å². The molecular weight excluding hydrogens is 258 g/mol. The zero-order valence-corrected chi connectivity index (χ0v) is 11.7. The van der Waals surface area contributed by atoms with Crippen LogP contribution in [0.15, 0.2) is 30.3 Å². The lowest BCUT2D eigenvalue weighted by Gasteiger charge is -2.16. The first-order valence-electron chi connectivity index (χ1n) is 6.29. The van der Waals surface area contributed by atoms with E-state index in [9.17, 15) is 10.1 Å². The van der Waals surface area contributed by atoms with Gasteiger partial charge in [-0.15, -0.1) is 0 Å². The predicted octanol–water partition coefficient (Wildman–Crippen LogP) is 2.37. The molecule has 0 saturated heterocycles. The molecule has 0 saturated carbocycles. The SMILES string of the molecule is COc1cccc([C@@H](C[N+](=O)[O-])n2nc(C)cc2C)c1. The molecule has 6 heteroatoms. The van der Waals surface area contributed by atoms with Crippen molar-refractivity contribution in [2.45, 2.75) is 19.9 Å². The van der Waals surface area contributed by atoms with Crippen molar-refractivity contribution in [3.05, 3.63) is 57.4 Å². The number of rotatable bonds is 5. The number of methoxy groups -OCH3 is 1. The van der Waals surface area contributed by atoms with Gasteiger partial charge in [0.2, 0.25) is 6.54 Å². The third-order valence-corrected chi connectivity index (χ3v) is 3.14. The van der Waals surface area contributed by atoms with Crippen LogP contribution in [0.4, 0.5) is 0 Å². The summed E-state index contributed by atoms with van der Waals surface area (Å²) >= 11 is 0. The van der Waals surface area contributed by atoms with E-state index in [1.807, 2.05) is 44.2 Å². The summed E-state index contributed by atoms with van der Waals surface area (Å²) < 4.78 is 6.88. The Morgan fingerprint density at radius 2 is 2.15 bits per heavy atom. The number of hydrogen-bond donors (Lipinski definition) is 0. The van der Waals surface area contributed by atoms with E-state index in [4.69, 9.17) is 4.74 Å². The van der Waals surface area contributed by atoms with E-state index < -0.39 is 6.04 Å². The van der Waals surface area contributed by atoms with Crippen LogP contribution in [-0.2, 0) is 0 Å². The Balaban J connectivity index is 2.46. The summed E-state index contributed by atoms with van der Waals surface area (Å²) in [6.45, 7) is 3.56. The van der Waals surface area contributed by atoms with Crippen LogP contribution in [0.2, 0.25) is 0 Å². The van der Waals surface area contributed by atoms with Crippen molar-refractivity contribution in [1.29, 1.82) is 0 Å². The Bertz CT molecular complexity index is 622. The molecule has 0 unspecified atom stereocenters. The fourth-order valence-electron chi connectivity index (χ4n) is 2.28. The van der Waals surface area contributed by atoms with E-state index in [0.29, 0.717) is 5.75 Å². The van der Waals surface area contributed by atoms with Crippen LogP contribution in [0, 0.1) is 24.0 Å². The standard InChI is InChI=1S/C14H17N3O3/c1-10-7-11(2)17(15-10)14(9-16(18)19)12-5-4-6-13(8-12)20-3/h4-8,14H,9H2,1-3H3/t14-/m1/s1. The minimum Gasteiger partial charge on any atom is -0.497 e. The molecule has 0 bridgehead atoms. The van der Waals surface area contributed by atoms with E-state index in [1.165, 1.54) is 0 Å². The maximum atomic E-state index is 11.0. The molecule has 0 spiro atoms. The van der Waals surface area contributed by atoms with Gasteiger partial charge in [0.25, 0.3) is 0 Å². The van der Waals surface area contributed by atoms with E-state index >= 15 is 0 Å². The molecule has 2 rings (SSSR count). The fraction of sp³-hybridized carbons (Fsp3) is 0.357. The number of aryl methyl sites for hydroxylation is 2. The summed E-state index contributed by atoms with van der Waals surface area (Å²) in [6, 6.07) is 8.78. The molecule has 20 heavy (non-hydrogen) atoms. The van der Waals surface area contributed by atoms with Crippen LogP contribution in [0.25, 0.3) is 0 Å². The summed E-state index contributed by atoms with van der Waals surface area (Å²) in [5, 5.41) is 15.3. The van der Waals surface area contributed by atoms with Crippen molar-refractivity contribution in [2.24, 2.45) is 0 Å². The molecule has 1 heterocycles. The van der Waals surface area contributed by atoms with Crippen molar-refractivity contribution in [2.75, 3.05) is 13.7 Å². The van der Waals surface area contributed by atoms with Crippen molar-refractivity contribution in [3.8, 4) is 5.75 Å². The predicted molar refractivity (Wildman–Crippen MR) is 74.7 cm³/mol. The molecule has 1 aromatic carbocycles. The van der Waals surface area contributed by atoms with Crippen LogP contribution in [0.1, 0.15) is 23.0 Å². The smallest absolute Gasteiger partial charge is 0.230 e. The molecule has 106 valence electrons. The quantitative estimate of drug-likeness (QED) is 0.620. The number of nitrogens with zero attached hydrogens (tertiary/aromatic N) is 3. The third-order valence-electron chi connectivity index (χ3n) is 3.14. The lowest BCUT2D eigenvalue weighted by Crippen LogP contribution is -2.22. The number of aromatic nitrogens is 2. The van der Waals surface area contributed by atoms with Crippen molar-refractivity contribution in [1.82, 2.24) is 9.78 Å². The Kier molecular flexibility index (Phi) is 4.02. The first-order chi connectivity index (χ1) is 9.51. The van der Waals surface area contributed by atoms with Gasteiger partial charge in [0.05, 0.1) is 12.8 Å². The Morgan fingerprint density at radius 3 is 2.70 bits per heavy atom. The molecule has 0 amide bonds. The zero-order valence-electron chi connectivity index (χ0n) is 11.7. The Hall–Kier alpha value is -2.37. The molecule has 0 radical (unpaired) electrons. The highest BCUT2D eigenvalue weighted by Crippen LogP contribution is 2.24. The van der Waals surface area contributed by atoms with Gasteiger partial charge in [0, 0.05) is 10.6 Å². The maximum Gasteiger partial charge on any atom is 0.230 e. The molecule has 0 aliphatic rings. The lowest BCUT2D eigenvalue weighted by atomic mass is 10.1. The average molecular weight is 275 g/mol. The fourth-order valence-corrected chi connectivity index (χ4v) is 2.28. The largest absolute Gasteiger partial charge is 0.497 e. The highest BCUT2D eigenvalue weighted by molar-refractivity contribution is 5.31. The van der Waals surface area contributed by atoms with Crippen LogP contribution in [-0.4, -0.2) is 28.4 Å². The van der Waals surface area contributed by atoms with Crippen LogP contribution in [0.3, 0.4) is 0 Å². The van der Waals surface area contributed by atoms with Gasteiger partial charge < -0.3 is 4.74 Å². The highest BCUT2D eigenvalue weighted by atomic mass is 16.6. The summed E-state index contributed by atoms with van der Waals surface area (Å²) in [5.74, 6) is 0.678. The monoisotopic (exact) mass is 275 g/mol. The van der Waals surface area contributed by atoms with Gasteiger partial charge in [-0.25, -0.2) is 0 Å². The van der Waals surface area contributed by atoms with E-state index in [0.717, 1.165) is 17.0 Å². The summed E-state index contributed by atoms with van der Waals surface area (Å²) in [6.07, 6.45) is 0. The third kappa shape index (κ3) is 2.96. The van der Waals surface area contributed by atoms with Gasteiger partial charge >= 0.3 is 0 Å². The summed E-state index contributed by atoms with van der Waals surface area (Å²) in [4.78, 5) is 10.6. The highest BCUT2D eigenvalue weighted by Gasteiger charge is 2.22. The van der Waals surface area contributed by atoms with Crippen LogP contribution in [0.5, 0.6) is 5.75 Å². The van der Waals surface area contributed by atoms with E-state index in [1.54, 1.807) is 11.8 Å². The van der Waals surface area contributed by atoms with Gasteiger partial charge in [-0.2, -0.15) is 5.10 Å². The number of ether oxygens (including phenoxy) is 1. The molecule has 1 aromatic heterocycles. The molecule has 0 aliphatic heterocycles. The summed E-state index contributed by atoms with van der Waals surface area (Å²) in [5.41, 5.74) is 2.56. The van der Waals surface area contributed by atoms with Gasteiger partial charge in [0.1, 0.15) is 11.8 Å². The maximum absolute atomic E-state index is 11.0. The zero-order chi connectivity index (χ0) is 14.7. The van der Waals surface area contributed by atoms with Gasteiger partial charge in [0.15, 0.2) is 0 Å². The molecule has 0 N–H and O–H groups in total. The molecule has 0 aliphatic carbocycles. The van der Waals surface area contributed by atoms with Gasteiger partial charge in [-0.05, 0) is 37.6 Å². The molecular formula is C14H17N3O3. The second kappa shape index (κ2) is 5.73. The minimum absolute atomic E-state index is 0.213. The van der Waals surface area contributed by atoms with Gasteiger partial charge in [-0.1, -0.05) is 12.1 Å². The molecule has 0 fully saturated rings. The number of nitro groups is 1. The van der Waals surface area contributed by atoms with Crippen LogP contribution >= 0.6 is 0 Å². The first kappa shape index (κ1) is 14.0. The second-order valence-electron chi connectivity index (χ2n) is 4.68. The number of hydrogen-bond acceptors (Lipinski definition) is 4.